The third kappa shape index (κ3) is 3.67. The van der Waals surface area contributed by atoms with Crippen molar-refractivity contribution in [3.8, 4) is 11.8 Å². The molecule has 0 aliphatic carbocycles. The van der Waals surface area contributed by atoms with Gasteiger partial charge in [0.05, 0.1) is 12.6 Å². The molecule has 0 saturated heterocycles. The van der Waals surface area contributed by atoms with Gasteiger partial charge in [0.1, 0.15) is 5.69 Å². The second-order valence-corrected chi connectivity index (χ2v) is 4.97. The summed E-state index contributed by atoms with van der Waals surface area (Å²) in [5.74, 6) is 5.42. The van der Waals surface area contributed by atoms with Crippen LogP contribution in [0.2, 0.25) is 0 Å². The topological polar surface area (TPSA) is 68.0 Å². The predicted octanol–water partition coefficient (Wildman–Crippen LogP) is 1.94. The van der Waals surface area contributed by atoms with Crippen LogP contribution in [-0.2, 0) is 0 Å². The van der Waals surface area contributed by atoms with Gasteiger partial charge in [0.25, 0.3) is 5.91 Å². The van der Waals surface area contributed by atoms with Gasteiger partial charge >= 0.3 is 0 Å². The number of carbonyl (C=O) groups excluding carboxylic acids is 1. The fraction of sp³-hybridized carbons (Fsp3) is 0.200. The van der Waals surface area contributed by atoms with Gasteiger partial charge in [-0.3, -0.25) is 4.79 Å². The number of aromatic nitrogens is 1. The zero-order valence-electron chi connectivity index (χ0n) is 11.1. The lowest BCUT2D eigenvalue weighted by Crippen LogP contribution is -2.27. The summed E-state index contributed by atoms with van der Waals surface area (Å²) in [6.45, 7) is 2.25. The van der Waals surface area contributed by atoms with Gasteiger partial charge in [-0.1, -0.05) is 11.8 Å². The lowest BCUT2D eigenvalue weighted by molar-refractivity contribution is 0.0935. The van der Waals surface area contributed by atoms with Gasteiger partial charge in [0.2, 0.25) is 0 Å². The van der Waals surface area contributed by atoms with Gasteiger partial charge in [-0.2, -0.15) is 11.3 Å². The highest BCUT2D eigenvalue weighted by Crippen LogP contribution is 2.15. The zero-order chi connectivity index (χ0) is 14.4. The molecule has 0 aliphatic rings. The Morgan fingerprint density at radius 1 is 1.50 bits per heavy atom. The van der Waals surface area contributed by atoms with Crippen LogP contribution in [0.3, 0.4) is 0 Å². The minimum Gasteiger partial charge on any atom is -0.344 e. The van der Waals surface area contributed by atoms with Crippen molar-refractivity contribution in [2.75, 3.05) is 6.54 Å². The van der Waals surface area contributed by atoms with Gasteiger partial charge in [-0.15, -0.1) is 0 Å². The van der Waals surface area contributed by atoms with Crippen LogP contribution in [0.4, 0.5) is 0 Å². The Bertz CT molecular complexity index is 623. The van der Waals surface area contributed by atoms with Crippen LogP contribution in [0.15, 0.2) is 35.2 Å². The van der Waals surface area contributed by atoms with Crippen LogP contribution in [0.25, 0.3) is 0 Å². The van der Waals surface area contributed by atoms with E-state index in [9.17, 15) is 4.79 Å². The first-order chi connectivity index (χ1) is 9.70. The number of amides is 1. The molecule has 0 bridgehead atoms. The van der Waals surface area contributed by atoms with Crippen molar-refractivity contribution < 1.29 is 4.79 Å². The fourth-order valence-corrected chi connectivity index (χ4v) is 2.38. The molecule has 20 heavy (non-hydrogen) atoms. The number of rotatable bonds is 3. The molecule has 2 aromatic heterocycles. The van der Waals surface area contributed by atoms with Crippen molar-refractivity contribution in [2.24, 2.45) is 5.73 Å². The lowest BCUT2D eigenvalue weighted by atomic mass is 10.1. The van der Waals surface area contributed by atoms with E-state index in [4.69, 9.17) is 5.73 Å². The van der Waals surface area contributed by atoms with E-state index >= 15 is 0 Å². The number of carbonyl (C=O) groups is 1. The molecule has 0 fully saturated rings. The van der Waals surface area contributed by atoms with Gasteiger partial charge in [0.15, 0.2) is 0 Å². The highest BCUT2D eigenvalue weighted by molar-refractivity contribution is 7.07. The molecule has 4 nitrogen and oxygen atoms in total. The number of thiophene rings is 1. The third-order valence-corrected chi connectivity index (χ3v) is 3.42. The van der Waals surface area contributed by atoms with Crippen molar-refractivity contribution in [3.05, 3.63) is 52.0 Å². The first-order valence-corrected chi connectivity index (χ1v) is 7.13. The Hall–Kier alpha value is -2.16. The van der Waals surface area contributed by atoms with E-state index in [1.807, 2.05) is 23.8 Å². The fourth-order valence-electron chi connectivity index (χ4n) is 1.63. The second kappa shape index (κ2) is 6.85. The Labute approximate surface area is 122 Å². The average Bonchev–Trinajstić information content (AvgIpc) is 3.00. The molecule has 1 amide bonds. The molecule has 0 spiro atoms. The largest absolute Gasteiger partial charge is 0.344 e. The highest BCUT2D eigenvalue weighted by Gasteiger charge is 2.12. The van der Waals surface area contributed by atoms with E-state index in [1.165, 1.54) is 0 Å². The first-order valence-electron chi connectivity index (χ1n) is 6.18. The van der Waals surface area contributed by atoms with Gasteiger partial charge in [-0.05, 0) is 41.4 Å². The Morgan fingerprint density at radius 3 is 2.95 bits per heavy atom. The van der Waals surface area contributed by atoms with Crippen LogP contribution in [-0.4, -0.2) is 17.4 Å². The Kier molecular flexibility index (Phi) is 4.88. The normalized spacial score (nSPS) is 11.3. The predicted molar refractivity (Wildman–Crippen MR) is 80.4 cm³/mol. The van der Waals surface area contributed by atoms with E-state index in [1.54, 1.807) is 29.7 Å². The summed E-state index contributed by atoms with van der Waals surface area (Å²) in [5.41, 5.74) is 7.52. The third-order valence-electron chi connectivity index (χ3n) is 2.72. The number of hydrogen-bond donors (Lipinski definition) is 2. The summed E-state index contributed by atoms with van der Waals surface area (Å²) in [6.07, 6.45) is 1.58. The number of nitrogens with two attached hydrogens (primary N) is 1. The van der Waals surface area contributed by atoms with Crippen molar-refractivity contribution >= 4 is 17.2 Å². The maximum atomic E-state index is 12.0. The van der Waals surface area contributed by atoms with E-state index in [2.05, 4.69) is 22.1 Å². The van der Waals surface area contributed by atoms with Gasteiger partial charge in [-0.25, -0.2) is 4.98 Å². The van der Waals surface area contributed by atoms with Crippen LogP contribution < -0.4 is 11.1 Å². The molecule has 1 atom stereocenters. The van der Waals surface area contributed by atoms with E-state index < -0.39 is 0 Å². The smallest absolute Gasteiger partial charge is 0.270 e. The second-order valence-electron chi connectivity index (χ2n) is 4.19. The standard InChI is InChI=1S/C15H15N3OS/c1-11(13-6-8-20-10-13)18-15(19)14-5-4-12(9-17-14)3-2-7-16/h4-6,8-11H,7,16H2,1H3,(H,18,19). The molecule has 2 rings (SSSR count). The maximum absolute atomic E-state index is 12.0. The van der Waals surface area contributed by atoms with Crippen molar-refractivity contribution in [1.29, 1.82) is 0 Å². The molecule has 102 valence electrons. The molecule has 5 heteroatoms. The van der Waals surface area contributed by atoms with E-state index in [0.717, 1.165) is 11.1 Å². The van der Waals surface area contributed by atoms with E-state index in [0.29, 0.717) is 12.2 Å². The lowest BCUT2D eigenvalue weighted by Gasteiger charge is -2.11. The van der Waals surface area contributed by atoms with Gasteiger partial charge < -0.3 is 11.1 Å². The molecule has 0 saturated carbocycles. The molecular formula is C15H15N3OS. The Balaban J connectivity index is 2.02. The average molecular weight is 285 g/mol. The zero-order valence-corrected chi connectivity index (χ0v) is 11.9. The molecule has 3 N–H and O–H groups in total. The molecular weight excluding hydrogens is 270 g/mol. The first kappa shape index (κ1) is 14.3. The molecule has 2 aromatic rings. The van der Waals surface area contributed by atoms with Crippen LogP contribution in [0, 0.1) is 11.8 Å². The van der Waals surface area contributed by atoms with E-state index in [-0.39, 0.29) is 11.9 Å². The highest BCUT2D eigenvalue weighted by atomic mass is 32.1. The van der Waals surface area contributed by atoms with Crippen molar-refractivity contribution in [1.82, 2.24) is 10.3 Å². The minimum absolute atomic E-state index is 0.0349. The number of nitrogens with one attached hydrogen (secondary N) is 1. The number of hydrogen-bond acceptors (Lipinski definition) is 4. The summed E-state index contributed by atoms with van der Waals surface area (Å²) in [6, 6.07) is 5.39. The van der Waals surface area contributed by atoms with Gasteiger partial charge in [0, 0.05) is 11.8 Å². The molecule has 0 aromatic carbocycles. The Morgan fingerprint density at radius 2 is 2.35 bits per heavy atom. The molecule has 1 unspecified atom stereocenters. The quantitative estimate of drug-likeness (QED) is 0.847. The molecule has 2 heterocycles. The van der Waals surface area contributed by atoms with Crippen LogP contribution in [0.1, 0.15) is 34.6 Å². The van der Waals surface area contributed by atoms with Crippen molar-refractivity contribution in [2.45, 2.75) is 13.0 Å². The van der Waals surface area contributed by atoms with Crippen LogP contribution in [0.5, 0.6) is 0 Å². The number of pyridine rings is 1. The SMILES string of the molecule is CC(NC(=O)c1ccc(C#CCN)cn1)c1ccsc1. The molecule has 0 aliphatic heterocycles. The summed E-state index contributed by atoms with van der Waals surface area (Å²) in [7, 11) is 0. The summed E-state index contributed by atoms with van der Waals surface area (Å²) >= 11 is 1.61. The van der Waals surface area contributed by atoms with Crippen molar-refractivity contribution in [3.63, 3.8) is 0 Å². The maximum Gasteiger partial charge on any atom is 0.270 e. The molecule has 0 radical (unpaired) electrons. The summed E-state index contributed by atoms with van der Waals surface area (Å²) < 4.78 is 0. The minimum atomic E-state index is -0.193. The summed E-state index contributed by atoms with van der Waals surface area (Å²) in [4.78, 5) is 16.2. The van der Waals surface area contributed by atoms with Crippen LogP contribution >= 0.6 is 11.3 Å². The number of nitrogens with zero attached hydrogens (tertiary/aromatic N) is 1. The monoisotopic (exact) mass is 285 g/mol. The summed E-state index contributed by atoms with van der Waals surface area (Å²) in [5, 5.41) is 6.92.